The molecular weight excluding hydrogens is 659 g/mol. The van der Waals surface area contributed by atoms with Gasteiger partial charge in [-0.25, -0.2) is 15.0 Å². The second-order valence-corrected chi connectivity index (χ2v) is 13.1. The minimum atomic E-state index is 0.612. The van der Waals surface area contributed by atoms with E-state index < -0.39 is 0 Å². The Hall–Kier alpha value is -7.37. The molecule has 3 aromatic heterocycles. The number of rotatable bonds is 8. The molecule has 9 rings (SSSR count). The summed E-state index contributed by atoms with van der Waals surface area (Å²) in [7, 11) is 0. The Balaban J connectivity index is 1.10. The van der Waals surface area contributed by atoms with Gasteiger partial charge in [0.1, 0.15) is 0 Å². The summed E-state index contributed by atoms with van der Waals surface area (Å²) in [6, 6.07) is 60.8. The summed E-state index contributed by atoms with van der Waals surface area (Å²) in [5.41, 5.74) is 13.8. The van der Waals surface area contributed by atoms with Crippen LogP contribution in [0.4, 0.5) is 0 Å². The van der Waals surface area contributed by atoms with Crippen molar-refractivity contribution in [3.63, 3.8) is 0 Å². The van der Waals surface area contributed by atoms with Crippen molar-refractivity contribution < 1.29 is 0 Å². The normalized spacial score (nSPS) is 11.0. The van der Waals surface area contributed by atoms with E-state index in [1.54, 1.807) is 12.4 Å². The van der Waals surface area contributed by atoms with Crippen molar-refractivity contribution in [3.8, 4) is 89.8 Å². The number of pyridine rings is 2. The second-order valence-electron chi connectivity index (χ2n) is 13.1. The molecule has 0 spiro atoms. The molecule has 5 nitrogen and oxygen atoms in total. The van der Waals surface area contributed by atoms with Gasteiger partial charge in [0.25, 0.3) is 0 Å². The lowest BCUT2D eigenvalue weighted by Crippen LogP contribution is -2.00. The lowest BCUT2D eigenvalue weighted by atomic mass is 9.94. The van der Waals surface area contributed by atoms with Gasteiger partial charge in [0, 0.05) is 52.6 Å². The SMILES string of the molecule is c1ccc(-c2ccc(-c3nc(-c4ccc(-c5ccccc5)cc4)nc(-c4ccc(-c5cc(-c6cccnc6)cc(-c6cccnc6)c5)cc4)n3)cc2)cc1. The maximum atomic E-state index is 5.04. The fourth-order valence-corrected chi connectivity index (χ4v) is 6.65. The van der Waals surface area contributed by atoms with Crippen LogP contribution < -0.4 is 0 Å². The van der Waals surface area contributed by atoms with Gasteiger partial charge in [0.2, 0.25) is 0 Å². The average Bonchev–Trinajstić information content (AvgIpc) is 3.27. The highest BCUT2D eigenvalue weighted by atomic mass is 15.0. The highest BCUT2D eigenvalue weighted by Gasteiger charge is 2.14. The molecule has 0 aliphatic rings. The van der Waals surface area contributed by atoms with E-state index in [2.05, 4.69) is 162 Å². The van der Waals surface area contributed by atoms with Crippen molar-refractivity contribution in [2.45, 2.75) is 0 Å². The number of hydrogen-bond donors (Lipinski definition) is 0. The van der Waals surface area contributed by atoms with Gasteiger partial charge < -0.3 is 0 Å². The van der Waals surface area contributed by atoms with Crippen molar-refractivity contribution in [3.05, 3.63) is 201 Å². The van der Waals surface area contributed by atoms with Crippen LogP contribution in [0.3, 0.4) is 0 Å². The first kappa shape index (κ1) is 32.5. The number of benzene rings is 6. The van der Waals surface area contributed by atoms with Crippen LogP contribution >= 0.6 is 0 Å². The fourth-order valence-electron chi connectivity index (χ4n) is 6.65. The molecule has 0 amide bonds. The molecule has 0 saturated carbocycles. The largest absolute Gasteiger partial charge is 0.264 e. The summed E-state index contributed by atoms with van der Waals surface area (Å²) in [6.07, 6.45) is 7.39. The van der Waals surface area contributed by atoms with E-state index in [-0.39, 0.29) is 0 Å². The third-order valence-corrected chi connectivity index (χ3v) is 9.54. The first-order chi connectivity index (χ1) is 26.7. The highest BCUT2D eigenvalue weighted by molar-refractivity contribution is 5.82. The van der Waals surface area contributed by atoms with Crippen LogP contribution in [0.25, 0.3) is 89.8 Å². The lowest BCUT2D eigenvalue weighted by molar-refractivity contribution is 1.07. The third kappa shape index (κ3) is 6.94. The Morgan fingerprint density at radius 3 is 0.833 bits per heavy atom. The minimum Gasteiger partial charge on any atom is -0.264 e. The van der Waals surface area contributed by atoms with Gasteiger partial charge >= 0.3 is 0 Å². The van der Waals surface area contributed by atoms with Gasteiger partial charge in [-0.05, 0) is 74.8 Å². The van der Waals surface area contributed by atoms with E-state index in [0.29, 0.717) is 17.5 Å². The van der Waals surface area contributed by atoms with Crippen molar-refractivity contribution >= 4 is 0 Å². The molecule has 0 radical (unpaired) electrons. The van der Waals surface area contributed by atoms with Crippen LogP contribution in [-0.2, 0) is 0 Å². The maximum absolute atomic E-state index is 5.04. The van der Waals surface area contributed by atoms with Crippen molar-refractivity contribution in [2.24, 2.45) is 0 Å². The third-order valence-electron chi connectivity index (χ3n) is 9.54. The molecule has 0 N–H and O–H groups in total. The highest BCUT2D eigenvalue weighted by Crippen LogP contribution is 2.34. The molecule has 9 aromatic rings. The molecule has 254 valence electrons. The standard InChI is InChI=1S/C49H33N5/c1-3-9-34(10-4-1)36-15-21-39(22-16-36)47-52-48(40-23-17-37(18-24-40)35-11-5-2-6-12-35)54-49(53-47)41-25-19-38(20-26-41)44-29-45(42-13-7-27-50-32-42)31-46(30-44)43-14-8-28-51-33-43/h1-33H. The monoisotopic (exact) mass is 691 g/mol. The summed E-state index contributed by atoms with van der Waals surface area (Å²) in [4.78, 5) is 23.8. The first-order valence-electron chi connectivity index (χ1n) is 17.9. The van der Waals surface area contributed by atoms with E-state index >= 15 is 0 Å². The fraction of sp³-hybridized carbons (Fsp3) is 0. The summed E-state index contributed by atoms with van der Waals surface area (Å²) >= 11 is 0. The summed E-state index contributed by atoms with van der Waals surface area (Å²) in [6.45, 7) is 0. The topological polar surface area (TPSA) is 64.5 Å². The van der Waals surface area contributed by atoms with Gasteiger partial charge in [-0.1, -0.05) is 146 Å². The van der Waals surface area contributed by atoms with E-state index in [9.17, 15) is 0 Å². The van der Waals surface area contributed by atoms with Crippen LogP contribution in [0.5, 0.6) is 0 Å². The predicted octanol–water partition coefficient (Wildman–Crippen LogP) is 12.0. The molecule has 0 aliphatic carbocycles. The van der Waals surface area contributed by atoms with Crippen LogP contribution in [0, 0.1) is 0 Å². The molecule has 0 fully saturated rings. The Bertz CT molecular complexity index is 2490. The molecule has 5 heteroatoms. The zero-order valence-corrected chi connectivity index (χ0v) is 29.3. The molecule has 0 aliphatic heterocycles. The lowest BCUT2D eigenvalue weighted by Gasteiger charge is -2.12. The molecule has 54 heavy (non-hydrogen) atoms. The molecule has 6 aromatic carbocycles. The molecule has 0 atom stereocenters. The molecule has 3 heterocycles. The summed E-state index contributed by atoms with van der Waals surface area (Å²) in [5.74, 6) is 1.85. The quantitative estimate of drug-likeness (QED) is 0.159. The maximum Gasteiger partial charge on any atom is 0.164 e. The van der Waals surface area contributed by atoms with Crippen LogP contribution in [0.2, 0.25) is 0 Å². The molecule has 0 saturated heterocycles. The van der Waals surface area contributed by atoms with E-state index in [0.717, 1.165) is 72.3 Å². The number of aromatic nitrogens is 5. The number of nitrogens with zero attached hydrogens (tertiary/aromatic N) is 5. The Kier molecular flexibility index (Phi) is 8.86. The first-order valence-corrected chi connectivity index (χ1v) is 17.9. The summed E-state index contributed by atoms with van der Waals surface area (Å²) in [5, 5.41) is 0. The van der Waals surface area contributed by atoms with Gasteiger partial charge in [-0.2, -0.15) is 0 Å². The van der Waals surface area contributed by atoms with E-state index in [1.807, 2.05) is 36.7 Å². The van der Waals surface area contributed by atoms with Gasteiger partial charge in [-0.3, -0.25) is 9.97 Å². The van der Waals surface area contributed by atoms with E-state index in [1.165, 1.54) is 0 Å². The van der Waals surface area contributed by atoms with Crippen LogP contribution in [-0.4, -0.2) is 24.9 Å². The zero-order chi connectivity index (χ0) is 36.1. The van der Waals surface area contributed by atoms with Crippen molar-refractivity contribution in [2.75, 3.05) is 0 Å². The molecule has 0 bridgehead atoms. The van der Waals surface area contributed by atoms with Crippen LogP contribution in [0.1, 0.15) is 0 Å². The Morgan fingerprint density at radius 2 is 0.500 bits per heavy atom. The average molecular weight is 692 g/mol. The van der Waals surface area contributed by atoms with Crippen LogP contribution in [0.15, 0.2) is 201 Å². The minimum absolute atomic E-state index is 0.612. The van der Waals surface area contributed by atoms with Gasteiger partial charge in [0.05, 0.1) is 0 Å². The Labute approximate surface area is 314 Å². The summed E-state index contributed by atoms with van der Waals surface area (Å²) < 4.78 is 0. The molecular formula is C49H33N5. The van der Waals surface area contributed by atoms with Gasteiger partial charge in [0.15, 0.2) is 17.5 Å². The van der Waals surface area contributed by atoms with Crippen molar-refractivity contribution in [1.82, 2.24) is 24.9 Å². The second kappa shape index (κ2) is 14.7. The zero-order valence-electron chi connectivity index (χ0n) is 29.3. The van der Waals surface area contributed by atoms with E-state index in [4.69, 9.17) is 15.0 Å². The molecule has 0 unspecified atom stereocenters. The predicted molar refractivity (Wildman–Crippen MR) is 219 cm³/mol. The number of hydrogen-bond acceptors (Lipinski definition) is 5. The smallest absolute Gasteiger partial charge is 0.164 e. The Morgan fingerprint density at radius 1 is 0.222 bits per heavy atom. The van der Waals surface area contributed by atoms with Gasteiger partial charge in [-0.15, -0.1) is 0 Å². The van der Waals surface area contributed by atoms with Crippen molar-refractivity contribution in [1.29, 1.82) is 0 Å².